The van der Waals surface area contributed by atoms with E-state index in [1.165, 1.54) is 11.1 Å². The minimum absolute atomic E-state index is 0.0882. The topological polar surface area (TPSA) is 59.6 Å². The van der Waals surface area contributed by atoms with Crippen molar-refractivity contribution in [2.75, 3.05) is 23.8 Å². The minimum Gasteiger partial charge on any atom is -0.490 e. The molecule has 0 unspecified atom stereocenters. The maximum Gasteiger partial charge on any atom is 0.262 e. The SMILES string of the molecule is CCOc1cc(CNc2cc(C)ccc2C)ccc1OCC(=O)Nc1ccccc1. The second-order valence-electron chi connectivity index (χ2n) is 7.09. The van der Waals surface area contributed by atoms with Gasteiger partial charge in [0.15, 0.2) is 18.1 Å². The molecule has 0 aliphatic carbocycles. The highest BCUT2D eigenvalue weighted by Gasteiger charge is 2.10. The van der Waals surface area contributed by atoms with E-state index in [0.29, 0.717) is 24.7 Å². The number of carbonyl (C=O) groups is 1. The van der Waals surface area contributed by atoms with E-state index in [2.05, 4.69) is 42.7 Å². The number of anilines is 2. The molecule has 156 valence electrons. The first-order valence-corrected chi connectivity index (χ1v) is 10.1. The third-order valence-electron chi connectivity index (χ3n) is 4.60. The van der Waals surface area contributed by atoms with E-state index in [9.17, 15) is 4.79 Å². The second kappa shape index (κ2) is 10.3. The summed E-state index contributed by atoms with van der Waals surface area (Å²) >= 11 is 0. The van der Waals surface area contributed by atoms with Gasteiger partial charge < -0.3 is 20.1 Å². The van der Waals surface area contributed by atoms with E-state index in [1.54, 1.807) is 0 Å². The molecule has 0 saturated carbocycles. The lowest BCUT2D eigenvalue weighted by Crippen LogP contribution is -2.20. The maximum absolute atomic E-state index is 12.2. The zero-order valence-corrected chi connectivity index (χ0v) is 17.7. The van der Waals surface area contributed by atoms with Crippen LogP contribution < -0.4 is 20.1 Å². The van der Waals surface area contributed by atoms with Crippen molar-refractivity contribution in [3.8, 4) is 11.5 Å². The monoisotopic (exact) mass is 404 g/mol. The summed E-state index contributed by atoms with van der Waals surface area (Å²) in [5.74, 6) is 0.963. The first kappa shape index (κ1) is 21.2. The lowest BCUT2D eigenvalue weighted by molar-refractivity contribution is -0.118. The lowest BCUT2D eigenvalue weighted by Gasteiger charge is -2.15. The van der Waals surface area contributed by atoms with E-state index < -0.39 is 0 Å². The molecule has 1 amide bonds. The number of hydrogen-bond donors (Lipinski definition) is 2. The molecule has 2 N–H and O–H groups in total. The molecule has 0 heterocycles. The van der Waals surface area contributed by atoms with Crippen LogP contribution in [0.5, 0.6) is 11.5 Å². The van der Waals surface area contributed by atoms with Crippen molar-refractivity contribution in [3.63, 3.8) is 0 Å². The van der Waals surface area contributed by atoms with E-state index in [1.807, 2.05) is 55.5 Å². The van der Waals surface area contributed by atoms with Crippen molar-refractivity contribution < 1.29 is 14.3 Å². The van der Waals surface area contributed by atoms with Crippen molar-refractivity contribution in [1.29, 1.82) is 0 Å². The van der Waals surface area contributed by atoms with E-state index in [-0.39, 0.29) is 12.5 Å². The number of amides is 1. The van der Waals surface area contributed by atoms with Crippen molar-refractivity contribution in [3.05, 3.63) is 83.4 Å². The molecule has 0 radical (unpaired) electrons. The molecule has 3 rings (SSSR count). The quantitative estimate of drug-likeness (QED) is 0.506. The summed E-state index contributed by atoms with van der Waals surface area (Å²) < 4.78 is 11.5. The summed E-state index contributed by atoms with van der Waals surface area (Å²) in [5, 5.41) is 6.28. The molecular formula is C25H28N2O3. The van der Waals surface area contributed by atoms with Crippen LogP contribution in [0.2, 0.25) is 0 Å². The summed E-state index contributed by atoms with van der Waals surface area (Å²) in [6.07, 6.45) is 0. The molecule has 0 aliphatic rings. The van der Waals surface area contributed by atoms with Crippen LogP contribution in [-0.4, -0.2) is 19.1 Å². The molecule has 30 heavy (non-hydrogen) atoms. The zero-order chi connectivity index (χ0) is 21.3. The lowest BCUT2D eigenvalue weighted by atomic mass is 10.1. The highest BCUT2D eigenvalue weighted by Crippen LogP contribution is 2.29. The number of carbonyl (C=O) groups excluding carboxylic acids is 1. The first-order valence-electron chi connectivity index (χ1n) is 10.1. The molecule has 0 saturated heterocycles. The Bertz CT molecular complexity index is 987. The average Bonchev–Trinajstić information content (AvgIpc) is 2.74. The maximum atomic E-state index is 12.2. The van der Waals surface area contributed by atoms with Gasteiger partial charge in [-0.15, -0.1) is 0 Å². The molecule has 5 heteroatoms. The van der Waals surface area contributed by atoms with Crippen LogP contribution in [0.1, 0.15) is 23.6 Å². The fourth-order valence-corrected chi connectivity index (χ4v) is 3.04. The van der Waals surface area contributed by atoms with Gasteiger partial charge in [-0.3, -0.25) is 4.79 Å². The Hall–Kier alpha value is -3.47. The molecule has 0 fully saturated rings. The number of para-hydroxylation sites is 1. The van der Waals surface area contributed by atoms with Gasteiger partial charge in [-0.1, -0.05) is 36.4 Å². The number of aryl methyl sites for hydroxylation is 2. The van der Waals surface area contributed by atoms with Gasteiger partial charge >= 0.3 is 0 Å². The molecule has 0 aliphatic heterocycles. The first-order chi connectivity index (χ1) is 14.5. The predicted molar refractivity (Wildman–Crippen MR) is 121 cm³/mol. The fourth-order valence-electron chi connectivity index (χ4n) is 3.04. The Labute approximate surface area is 178 Å². The Morgan fingerprint density at radius 3 is 2.47 bits per heavy atom. The van der Waals surface area contributed by atoms with Gasteiger partial charge in [-0.25, -0.2) is 0 Å². The van der Waals surface area contributed by atoms with E-state index >= 15 is 0 Å². The predicted octanol–water partition coefficient (Wildman–Crippen LogP) is 5.33. The molecule has 0 atom stereocenters. The Morgan fingerprint density at radius 2 is 1.70 bits per heavy atom. The number of ether oxygens (including phenoxy) is 2. The highest BCUT2D eigenvalue weighted by molar-refractivity contribution is 5.91. The van der Waals surface area contributed by atoms with Crippen LogP contribution in [0, 0.1) is 13.8 Å². The third-order valence-corrected chi connectivity index (χ3v) is 4.60. The van der Waals surface area contributed by atoms with E-state index in [4.69, 9.17) is 9.47 Å². The standard InChI is InChI=1S/C25H28N2O3/c1-4-29-24-15-20(16-26-22-14-18(2)10-11-19(22)3)12-13-23(24)30-17-25(28)27-21-8-6-5-7-9-21/h5-15,26H,4,16-17H2,1-3H3,(H,27,28). The molecule has 3 aromatic carbocycles. The van der Waals surface area contributed by atoms with Crippen molar-refractivity contribution >= 4 is 17.3 Å². The van der Waals surface area contributed by atoms with Gasteiger partial charge in [0.2, 0.25) is 0 Å². The normalized spacial score (nSPS) is 10.4. The Morgan fingerprint density at radius 1 is 0.900 bits per heavy atom. The minimum atomic E-state index is -0.218. The number of benzene rings is 3. The molecule has 0 aromatic heterocycles. The largest absolute Gasteiger partial charge is 0.490 e. The third kappa shape index (κ3) is 6.01. The summed E-state index contributed by atoms with van der Waals surface area (Å²) in [6, 6.07) is 21.4. The summed E-state index contributed by atoms with van der Waals surface area (Å²) in [5.41, 5.74) is 5.35. The second-order valence-corrected chi connectivity index (χ2v) is 7.09. The Kier molecular flexibility index (Phi) is 7.33. The van der Waals surface area contributed by atoms with Crippen LogP contribution in [0.25, 0.3) is 0 Å². The van der Waals surface area contributed by atoms with Crippen molar-refractivity contribution in [1.82, 2.24) is 0 Å². The smallest absolute Gasteiger partial charge is 0.262 e. The fraction of sp³-hybridized carbons (Fsp3) is 0.240. The summed E-state index contributed by atoms with van der Waals surface area (Å²) in [4.78, 5) is 12.2. The van der Waals surface area contributed by atoms with E-state index in [0.717, 1.165) is 16.9 Å². The van der Waals surface area contributed by atoms with Crippen molar-refractivity contribution in [2.24, 2.45) is 0 Å². The average molecular weight is 405 g/mol. The van der Waals surface area contributed by atoms with Gasteiger partial charge in [0.1, 0.15) is 0 Å². The number of nitrogens with one attached hydrogen (secondary N) is 2. The number of rotatable bonds is 9. The molecule has 0 spiro atoms. The van der Waals surface area contributed by atoms with Gasteiger partial charge in [0.25, 0.3) is 5.91 Å². The van der Waals surface area contributed by atoms with Crippen LogP contribution in [0.3, 0.4) is 0 Å². The van der Waals surface area contributed by atoms with Crippen LogP contribution in [0.15, 0.2) is 66.7 Å². The zero-order valence-electron chi connectivity index (χ0n) is 17.7. The summed E-state index contributed by atoms with van der Waals surface area (Å²) in [6.45, 7) is 7.18. The van der Waals surface area contributed by atoms with Gasteiger partial charge in [0.05, 0.1) is 6.61 Å². The molecule has 3 aromatic rings. The Balaban J connectivity index is 1.62. The van der Waals surface area contributed by atoms with Crippen LogP contribution >= 0.6 is 0 Å². The molecular weight excluding hydrogens is 376 g/mol. The highest BCUT2D eigenvalue weighted by atomic mass is 16.5. The van der Waals surface area contributed by atoms with Crippen LogP contribution in [0.4, 0.5) is 11.4 Å². The number of hydrogen-bond acceptors (Lipinski definition) is 4. The van der Waals surface area contributed by atoms with Gasteiger partial charge in [-0.05, 0) is 67.8 Å². The molecule has 5 nitrogen and oxygen atoms in total. The van der Waals surface area contributed by atoms with Crippen LogP contribution in [-0.2, 0) is 11.3 Å². The van der Waals surface area contributed by atoms with Crippen molar-refractivity contribution in [2.45, 2.75) is 27.3 Å². The van der Waals surface area contributed by atoms with Gasteiger partial charge in [0, 0.05) is 17.9 Å². The summed E-state index contributed by atoms with van der Waals surface area (Å²) in [7, 11) is 0. The molecule has 0 bridgehead atoms. The van der Waals surface area contributed by atoms with Gasteiger partial charge in [-0.2, -0.15) is 0 Å².